The van der Waals surface area contributed by atoms with Crippen molar-refractivity contribution in [3.63, 3.8) is 0 Å². The number of nitrogens with two attached hydrogens (primary N) is 1. The van der Waals surface area contributed by atoms with Crippen molar-refractivity contribution >= 4 is 38.9 Å². The molecule has 0 saturated carbocycles. The zero-order chi connectivity index (χ0) is 16.8. The van der Waals surface area contributed by atoms with E-state index in [4.69, 9.17) is 17.3 Å². The van der Waals surface area contributed by atoms with Crippen LogP contribution in [0.3, 0.4) is 0 Å². The minimum absolute atomic E-state index is 0.0236. The van der Waals surface area contributed by atoms with E-state index < -0.39 is 15.6 Å². The summed E-state index contributed by atoms with van der Waals surface area (Å²) in [4.78, 5) is 6.07. The van der Waals surface area contributed by atoms with Crippen molar-refractivity contribution < 1.29 is 8.42 Å². The first-order chi connectivity index (χ1) is 10.7. The standard InChI is InChI=1S/C15H16ClN3O2S2/c1-15(9-23(20,21)19(2)14(17)18-15)13-11(16)8-12(22-13)10-6-4-3-5-7-10/h3-8H,9H2,1-2H3,(H2,17,18)/t15-/m0/s1. The van der Waals surface area contributed by atoms with Gasteiger partial charge in [-0.2, -0.15) is 0 Å². The van der Waals surface area contributed by atoms with Crippen molar-refractivity contribution in [1.29, 1.82) is 0 Å². The molecule has 0 amide bonds. The Labute approximate surface area is 144 Å². The Kier molecular flexibility index (Phi) is 3.90. The molecular formula is C15H16ClN3O2S2. The lowest BCUT2D eigenvalue weighted by molar-refractivity contribution is 0.482. The van der Waals surface area contributed by atoms with Crippen LogP contribution in [0.5, 0.6) is 0 Å². The van der Waals surface area contributed by atoms with Gasteiger partial charge in [0.15, 0.2) is 0 Å². The second kappa shape index (κ2) is 5.51. The summed E-state index contributed by atoms with van der Waals surface area (Å²) in [5.74, 6) is -0.185. The highest BCUT2D eigenvalue weighted by atomic mass is 35.5. The minimum Gasteiger partial charge on any atom is -0.369 e. The van der Waals surface area contributed by atoms with Gasteiger partial charge in [0.25, 0.3) is 0 Å². The molecule has 1 aromatic carbocycles. The summed E-state index contributed by atoms with van der Waals surface area (Å²) in [7, 11) is -2.11. The first-order valence-electron chi connectivity index (χ1n) is 6.90. The predicted molar refractivity (Wildman–Crippen MR) is 95.3 cm³/mol. The van der Waals surface area contributed by atoms with Crippen LogP contribution in [0.25, 0.3) is 10.4 Å². The van der Waals surface area contributed by atoms with Gasteiger partial charge in [-0.25, -0.2) is 17.7 Å². The Morgan fingerprint density at radius 3 is 2.61 bits per heavy atom. The highest BCUT2D eigenvalue weighted by Crippen LogP contribution is 2.44. The highest BCUT2D eigenvalue weighted by Gasteiger charge is 2.42. The lowest BCUT2D eigenvalue weighted by Crippen LogP contribution is -2.50. The van der Waals surface area contributed by atoms with Crippen molar-refractivity contribution in [3.05, 3.63) is 46.3 Å². The number of benzene rings is 1. The van der Waals surface area contributed by atoms with Gasteiger partial charge < -0.3 is 5.73 Å². The van der Waals surface area contributed by atoms with Crippen LogP contribution < -0.4 is 5.73 Å². The molecule has 0 saturated heterocycles. The molecule has 0 radical (unpaired) electrons. The Balaban J connectivity index is 2.11. The fraction of sp³-hybridized carbons (Fsp3) is 0.267. The zero-order valence-electron chi connectivity index (χ0n) is 12.7. The molecule has 122 valence electrons. The highest BCUT2D eigenvalue weighted by molar-refractivity contribution is 7.89. The van der Waals surface area contributed by atoms with Crippen LogP contribution in [-0.4, -0.2) is 31.5 Å². The second-order valence-corrected chi connectivity index (χ2v) is 9.08. The number of halogens is 1. The van der Waals surface area contributed by atoms with Crippen molar-refractivity contribution in [2.45, 2.75) is 12.5 Å². The maximum absolute atomic E-state index is 12.3. The molecule has 1 aliphatic rings. The average Bonchev–Trinajstić information content (AvgIpc) is 2.88. The van der Waals surface area contributed by atoms with Gasteiger partial charge in [-0.15, -0.1) is 11.3 Å². The van der Waals surface area contributed by atoms with Crippen LogP contribution in [0.1, 0.15) is 11.8 Å². The molecule has 0 spiro atoms. The minimum atomic E-state index is -3.51. The molecular weight excluding hydrogens is 354 g/mol. The van der Waals surface area contributed by atoms with E-state index in [1.54, 1.807) is 6.92 Å². The van der Waals surface area contributed by atoms with Crippen LogP contribution in [-0.2, 0) is 15.6 Å². The largest absolute Gasteiger partial charge is 0.369 e. The fourth-order valence-corrected chi connectivity index (χ4v) is 5.71. The Morgan fingerprint density at radius 1 is 1.35 bits per heavy atom. The zero-order valence-corrected chi connectivity index (χ0v) is 15.0. The quantitative estimate of drug-likeness (QED) is 0.884. The molecule has 0 unspecified atom stereocenters. The van der Waals surface area contributed by atoms with Crippen molar-refractivity contribution in [2.75, 3.05) is 12.8 Å². The van der Waals surface area contributed by atoms with E-state index in [-0.39, 0.29) is 11.7 Å². The van der Waals surface area contributed by atoms with Gasteiger partial charge in [-0.05, 0) is 18.6 Å². The molecule has 1 aliphatic heterocycles. The average molecular weight is 370 g/mol. The van der Waals surface area contributed by atoms with Gasteiger partial charge in [0.1, 0.15) is 5.54 Å². The molecule has 5 nitrogen and oxygen atoms in total. The SMILES string of the molecule is CN1C(N)=N[C@](C)(c2sc(-c3ccccc3)cc2Cl)CS1(=O)=O. The van der Waals surface area contributed by atoms with Crippen LogP contribution in [0.4, 0.5) is 0 Å². The van der Waals surface area contributed by atoms with E-state index in [2.05, 4.69) is 4.99 Å². The molecule has 23 heavy (non-hydrogen) atoms. The normalized spacial score (nSPS) is 23.6. The van der Waals surface area contributed by atoms with Crippen LogP contribution >= 0.6 is 22.9 Å². The Morgan fingerprint density at radius 2 is 2.00 bits per heavy atom. The van der Waals surface area contributed by atoms with Crippen molar-refractivity contribution in [3.8, 4) is 10.4 Å². The summed E-state index contributed by atoms with van der Waals surface area (Å²) in [6, 6.07) is 11.6. The molecule has 2 aromatic rings. The van der Waals surface area contributed by atoms with Gasteiger partial charge in [0, 0.05) is 11.9 Å². The monoisotopic (exact) mass is 369 g/mol. The molecule has 0 aliphatic carbocycles. The topological polar surface area (TPSA) is 75.8 Å². The van der Waals surface area contributed by atoms with E-state index in [1.807, 2.05) is 36.4 Å². The van der Waals surface area contributed by atoms with Crippen LogP contribution in [0.2, 0.25) is 5.02 Å². The summed E-state index contributed by atoms with van der Waals surface area (Å²) < 4.78 is 25.6. The van der Waals surface area contributed by atoms with E-state index in [1.165, 1.54) is 18.4 Å². The summed E-state index contributed by atoms with van der Waals surface area (Å²) in [6.45, 7) is 1.75. The fourth-order valence-electron chi connectivity index (χ4n) is 2.55. The predicted octanol–water partition coefficient (Wildman–Crippen LogP) is 2.87. The summed E-state index contributed by atoms with van der Waals surface area (Å²) in [6.07, 6.45) is 0. The first-order valence-corrected chi connectivity index (χ1v) is 9.70. The van der Waals surface area contributed by atoms with Crippen molar-refractivity contribution in [1.82, 2.24) is 4.31 Å². The molecule has 1 atom stereocenters. The number of rotatable bonds is 2. The molecule has 0 bridgehead atoms. The third-order valence-corrected chi connectivity index (χ3v) is 7.59. The number of hydrogen-bond acceptors (Lipinski definition) is 5. The summed E-state index contributed by atoms with van der Waals surface area (Å²) >= 11 is 7.83. The molecule has 2 heterocycles. The lowest BCUT2D eigenvalue weighted by atomic mass is 10.0. The third-order valence-electron chi connectivity index (χ3n) is 3.80. The van der Waals surface area contributed by atoms with Crippen LogP contribution in [0.15, 0.2) is 41.4 Å². The molecule has 0 fully saturated rings. The number of hydrogen-bond donors (Lipinski definition) is 1. The summed E-state index contributed by atoms with van der Waals surface area (Å²) in [5.41, 5.74) is 5.84. The molecule has 1 aromatic heterocycles. The van der Waals surface area contributed by atoms with Gasteiger partial charge in [0.05, 0.1) is 15.7 Å². The van der Waals surface area contributed by atoms with Crippen molar-refractivity contribution in [2.24, 2.45) is 10.7 Å². The molecule has 2 N–H and O–H groups in total. The first kappa shape index (κ1) is 16.3. The van der Waals surface area contributed by atoms with Gasteiger partial charge in [-0.3, -0.25) is 0 Å². The van der Waals surface area contributed by atoms with Gasteiger partial charge in [-0.1, -0.05) is 41.9 Å². The number of guanidine groups is 1. The second-order valence-electron chi connectivity index (χ2n) is 5.62. The van der Waals surface area contributed by atoms with Crippen LogP contribution in [0, 0.1) is 0 Å². The Hall–Kier alpha value is -1.57. The van der Waals surface area contributed by atoms with E-state index in [0.717, 1.165) is 14.7 Å². The number of sulfonamides is 1. The van der Waals surface area contributed by atoms with E-state index in [0.29, 0.717) is 9.90 Å². The maximum Gasteiger partial charge on any atom is 0.239 e. The Bertz CT molecular complexity index is 877. The smallest absolute Gasteiger partial charge is 0.239 e. The lowest BCUT2D eigenvalue weighted by Gasteiger charge is -2.33. The number of aliphatic imine (C=N–C) groups is 1. The molecule has 3 rings (SSSR count). The third kappa shape index (κ3) is 2.84. The van der Waals surface area contributed by atoms with Gasteiger partial charge >= 0.3 is 0 Å². The van der Waals surface area contributed by atoms with E-state index >= 15 is 0 Å². The maximum atomic E-state index is 12.3. The summed E-state index contributed by atoms with van der Waals surface area (Å²) in [5, 5.41) is 0.507. The van der Waals surface area contributed by atoms with Gasteiger partial charge in [0.2, 0.25) is 16.0 Å². The number of thiophene rings is 1. The van der Waals surface area contributed by atoms with E-state index in [9.17, 15) is 8.42 Å². The molecule has 8 heteroatoms. The number of nitrogens with zero attached hydrogens (tertiary/aromatic N) is 2.